The van der Waals surface area contributed by atoms with Gasteiger partial charge in [-0.2, -0.15) is 0 Å². The summed E-state index contributed by atoms with van der Waals surface area (Å²) in [5.41, 5.74) is 0.281. The molecule has 0 radical (unpaired) electrons. The number of hydrogen-bond donors (Lipinski definition) is 1. The van der Waals surface area contributed by atoms with Gasteiger partial charge in [0.25, 0.3) is 0 Å². The van der Waals surface area contributed by atoms with Gasteiger partial charge in [-0.1, -0.05) is 13.8 Å². The van der Waals surface area contributed by atoms with Crippen LogP contribution >= 0.6 is 0 Å². The minimum absolute atomic E-state index is 0.193. The van der Waals surface area contributed by atoms with E-state index in [1.54, 1.807) is 7.11 Å². The molecule has 1 unspecified atom stereocenters. The zero-order chi connectivity index (χ0) is 9.03. The van der Waals surface area contributed by atoms with Crippen LogP contribution in [0.4, 0.5) is 0 Å². The maximum absolute atomic E-state index is 5.60. The van der Waals surface area contributed by atoms with Crippen LogP contribution < -0.4 is 5.32 Å². The molecular weight excluding hydrogens is 154 g/mol. The number of hydrogen-bond acceptors (Lipinski definition) is 3. The maximum atomic E-state index is 5.60. The van der Waals surface area contributed by atoms with Crippen molar-refractivity contribution in [3.05, 3.63) is 0 Å². The highest BCUT2D eigenvalue weighted by molar-refractivity contribution is 4.77. The molecule has 3 nitrogen and oxygen atoms in total. The maximum Gasteiger partial charge on any atom is 0.110 e. The van der Waals surface area contributed by atoms with E-state index in [4.69, 9.17) is 9.47 Å². The van der Waals surface area contributed by atoms with E-state index in [1.165, 1.54) is 0 Å². The third-order valence-corrected chi connectivity index (χ3v) is 2.07. The molecule has 0 saturated carbocycles. The molecule has 1 atom stereocenters. The second kappa shape index (κ2) is 4.21. The molecule has 0 aliphatic carbocycles. The second-order valence-corrected chi connectivity index (χ2v) is 4.13. The summed E-state index contributed by atoms with van der Waals surface area (Å²) in [4.78, 5) is 0. The molecule has 0 aromatic rings. The van der Waals surface area contributed by atoms with Crippen molar-refractivity contribution in [1.29, 1.82) is 0 Å². The van der Waals surface area contributed by atoms with Crippen molar-refractivity contribution >= 4 is 0 Å². The van der Waals surface area contributed by atoms with Crippen molar-refractivity contribution in [2.24, 2.45) is 5.41 Å². The molecule has 0 aromatic heterocycles. The van der Waals surface area contributed by atoms with Crippen LogP contribution in [-0.4, -0.2) is 33.1 Å². The number of rotatable bonds is 3. The fourth-order valence-corrected chi connectivity index (χ4v) is 1.24. The van der Waals surface area contributed by atoms with Crippen LogP contribution in [-0.2, 0) is 9.47 Å². The summed E-state index contributed by atoms with van der Waals surface area (Å²) in [7, 11) is 1.72. The van der Waals surface area contributed by atoms with E-state index in [9.17, 15) is 0 Å². The smallest absolute Gasteiger partial charge is 0.110 e. The summed E-state index contributed by atoms with van der Waals surface area (Å²) in [6.07, 6.45) is 1.13. The second-order valence-electron chi connectivity index (χ2n) is 4.13. The van der Waals surface area contributed by atoms with Gasteiger partial charge in [-0.25, -0.2) is 0 Å². The zero-order valence-corrected chi connectivity index (χ0v) is 8.22. The topological polar surface area (TPSA) is 30.5 Å². The van der Waals surface area contributed by atoms with E-state index < -0.39 is 0 Å². The molecule has 1 fully saturated rings. The van der Waals surface area contributed by atoms with Crippen LogP contribution in [0.1, 0.15) is 20.3 Å². The molecule has 72 valence electrons. The lowest BCUT2D eigenvalue weighted by Crippen LogP contribution is -2.48. The van der Waals surface area contributed by atoms with E-state index >= 15 is 0 Å². The van der Waals surface area contributed by atoms with Crippen LogP contribution in [0.3, 0.4) is 0 Å². The van der Waals surface area contributed by atoms with Crippen molar-refractivity contribution in [3.63, 3.8) is 0 Å². The van der Waals surface area contributed by atoms with Gasteiger partial charge in [0.2, 0.25) is 0 Å². The summed E-state index contributed by atoms with van der Waals surface area (Å²) in [5.74, 6) is 0. The Morgan fingerprint density at radius 3 is 2.83 bits per heavy atom. The van der Waals surface area contributed by atoms with Crippen LogP contribution in [0.25, 0.3) is 0 Å². The molecule has 1 heterocycles. The Hall–Kier alpha value is -0.120. The predicted octanol–water partition coefficient (Wildman–Crippen LogP) is 0.995. The summed E-state index contributed by atoms with van der Waals surface area (Å²) >= 11 is 0. The summed E-state index contributed by atoms with van der Waals surface area (Å²) in [6, 6.07) is 0. The first kappa shape index (κ1) is 9.96. The van der Waals surface area contributed by atoms with Gasteiger partial charge < -0.3 is 9.47 Å². The van der Waals surface area contributed by atoms with Crippen LogP contribution in [0.2, 0.25) is 0 Å². The number of ether oxygens (including phenoxy) is 2. The Labute approximate surface area is 74.4 Å². The first-order valence-corrected chi connectivity index (χ1v) is 4.48. The Morgan fingerprint density at radius 1 is 1.58 bits per heavy atom. The molecule has 1 rings (SSSR count). The van der Waals surface area contributed by atoms with Gasteiger partial charge >= 0.3 is 0 Å². The molecular formula is C9H19NO2. The van der Waals surface area contributed by atoms with E-state index in [2.05, 4.69) is 19.2 Å². The van der Waals surface area contributed by atoms with Crippen LogP contribution in [0.15, 0.2) is 0 Å². The van der Waals surface area contributed by atoms with Gasteiger partial charge in [0.1, 0.15) is 6.23 Å². The van der Waals surface area contributed by atoms with Crippen molar-refractivity contribution in [1.82, 2.24) is 5.32 Å². The first-order valence-electron chi connectivity index (χ1n) is 4.48. The van der Waals surface area contributed by atoms with E-state index in [-0.39, 0.29) is 11.6 Å². The van der Waals surface area contributed by atoms with Gasteiger partial charge in [0.15, 0.2) is 0 Å². The fraction of sp³-hybridized carbons (Fsp3) is 1.00. The zero-order valence-electron chi connectivity index (χ0n) is 8.22. The van der Waals surface area contributed by atoms with Gasteiger partial charge in [-0.3, -0.25) is 5.32 Å². The van der Waals surface area contributed by atoms with E-state index in [0.717, 1.165) is 26.2 Å². The van der Waals surface area contributed by atoms with E-state index in [0.29, 0.717) is 0 Å². The lowest BCUT2D eigenvalue weighted by Gasteiger charge is -2.35. The molecule has 0 amide bonds. The van der Waals surface area contributed by atoms with Gasteiger partial charge in [-0.05, 0) is 0 Å². The quantitative estimate of drug-likeness (QED) is 0.690. The molecule has 12 heavy (non-hydrogen) atoms. The Morgan fingerprint density at radius 2 is 2.33 bits per heavy atom. The Bertz CT molecular complexity index is 126. The number of nitrogens with one attached hydrogen (secondary N) is 1. The average Bonchev–Trinajstić information content (AvgIpc) is 2.03. The highest BCUT2D eigenvalue weighted by Gasteiger charge is 2.26. The minimum Gasteiger partial charge on any atom is -0.385 e. The fourth-order valence-electron chi connectivity index (χ4n) is 1.24. The summed E-state index contributed by atoms with van der Waals surface area (Å²) in [6.45, 7) is 7.03. The standard InChI is InChI=1S/C9H19NO2/c1-9(2)6-10-8(12-7-9)4-5-11-3/h8,10H,4-7H2,1-3H3. The SMILES string of the molecule is COCCC1NCC(C)(C)CO1. The predicted molar refractivity (Wildman–Crippen MR) is 48.0 cm³/mol. The molecule has 1 aliphatic rings. The normalized spacial score (nSPS) is 28.8. The van der Waals surface area contributed by atoms with Gasteiger partial charge in [0, 0.05) is 32.1 Å². The minimum atomic E-state index is 0.193. The van der Waals surface area contributed by atoms with Crippen LogP contribution in [0.5, 0.6) is 0 Å². The Kier molecular flexibility index (Phi) is 3.50. The lowest BCUT2D eigenvalue weighted by molar-refractivity contribution is -0.0678. The molecule has 1 N–H and O–H groups in total. The lowest BCUT2D eigenvalue weighted by atomic mass is 9.93. The van der Waals surface area contributed by atoms with Crippen molar-refractivity contribution in [3.8, 4) is 0 Å². The molecule has 1 saturated heterocycles. The van der Waals surface area contributed by atoms with Crippen LogP contribution in [0, 0.1) is 5.41 Å². The first-order chi connectivity index (χ1) is 5.64. The number of methoxy groups -OCH3 is 1. The summed E-state index contributed by atoms with van der Waals surface area (Å²) < 4.78 is 10.6. The monoisotopic (exact) mass is 173 g/mol. The van der Waals surface area contributed by atoms with Crippen molar-refractivity contribution < 1.29 is 9.47 Å². The third-order valence-electron chi connectivity index (χ3n) is 2.07. The van der Waals surface area contributed by atoms with E-state index in [1.807, 2.05) is 0 Å². The van der Waals surface area contributed by atoms with Crippen molar-refractivity contribution in [2.75, 3.05) is 26.9 Å². The largest absolute Gasteiger partial charge is 0.385 e. The van der Waals surface area contributed by atoms with Crippen molar-refractivity contribution in [2.45, 2.75) is 26.5 Å². The molecule has 0 aromatic carbocycles. The molecule has 3 heteroatoms. The highest BCUT2D eigenvalue weighted by atomic mass is 16.5. The average molecular weight is 173 g/mol. The van der Waals surface area contributed by atoms with Gasteiger partial charge in [-0.15, -0.1) is 0 Å². The summed E-state index contributed by atoms with van der Waals surface area (Å²) in [5, 5.41) is 3.34. The molecule has 1 aliphatic heterocycles. The Balaban J connectivity index is 2.18. The van der Waals surface area contributed by atoms with Gasteiger partial charge in [0.05, 0.1) is 6.61 Å². The molecule has 0 spiro atoms. The molecule has 0 bridgehead atoms. The highest BCUT2D eigenvalue weighted by Crippen LogP contribution is 2.19. The third kappa shape index (κ3) is 3.09.